The second kappa shape index (κ2) is 15.8. The molecule has 6 rings (SSSR count). The molecule has 0 spiro atoms. The molecule has 2 aromatic heterocycles. The first-order valence-corrected chi connectivity index (χ1v) is 18.6. The van der Waals surface area contributed by atoms with Crippen LogP contribution in [0.3, 0.4) is 0 Å². The normalized spacial score (nSPS) is 17.3. The van der Waals surface area contributed by atoms with Crippen molar-refractivity contribution >= 4 is 46.9 Å². The molecular formula is C42H46ClN5O7. The highest BCUT2D eigenvalue weighted by Crippen LogP contribution is 2.49. The number of hydrogen-bond acceptors (Lipinski definition) is 10. The third kappa shape index (κ3) is 8.66. The van der Waals surface area contributed by atoms with Crippen molar-refractivity contribution < 1.29 is 33.3 Å². The van der Waals surface area contributed by atoms with Crippen LogP contribution in [-0.2, 0) is 29.3 Å². The molecule has 55 heavy (non-hydrogen) atoms. The lowest BCUT2D eigenvalue weighted by atomic mass is 9.69. The van der Waals surface area contributed by atoms with E-state index in [2.05, 4.69) is 51.4 Å². The van der Waals surface area contributed by atoms with Gasteiger partial charge in [0.25, 0.3) is 0 Å². The molecule has 0 unspecified atom stereocenters. The topological polar surface area (TPSA) is 135 Å². The van der Waals surface area contributed by atoms with Gasteiger partial charge < -0.3 is 23.5 Å². The summed E-state index contributed by atoms with van der Waals surface area (Å²) < 4.78 is 25.8. The zero-order valence-electron chi connectivity index (χ0n) is 32.1. The number of anilines is 1. The summed E-state index contributed by atoms with van der Waals surface area (Å²) in [4.78, 5) is 53.2. The van der Waals surface area contributed by atoms with Crippen molar-refractivity contribution in [2.45, 2.75) is 77.7 Å². The van der Waals surface area contributed by atoms with Crippen LogP contribution in [0.4, 0.5) is 15.5 Å². The summed E-state index contributed by atoms with van der Waals surface area (Å²) in [5.74, 6) is -1.00. The van der Waals surface area contributed by atoms with Gasteiger partial charge in [0.15, 0.2) is 10.8 Å². The van der Waals surface area contributed by atoms with Crippen molar-refractivity contribution in [1.82, 2.24) is 19.5 Å². The quantitative estimate of drug-likeness (QED) is 0.0587. The van der Waals surface area contributed by atoms with Crippen molar-refractivity contribution in [1.29, 1.82) is 0 Å². The minimum Gasteiger partial charge on any atom is -0.466 e. The maximum Gasteiger partial charge on any atom is 0.427 e. The molecule has 5 aromatic rings. The Hall–Kier alpha value is -5.33. The minimum atomic E-state index is -1.03. The molecule has 0 bridgehead atoms. The van der Waals surface area contributed by atoms with E-state index in [-0.39, 0.29) is 59.3 Å². The summed E-state index contributed by atoms with van der Waals surface area (Å²) in [7, 11) is 0. The Labute approximate surface area is 325 Å². The van der Waals surface area contributed by atoms with Gasteiger partial charge in [-0.1, -0.05) is 103 Å². The van der Waals surface area contributed by atoms with Gasteiger partial charge in [-0.15, -0.1) is 4.90 Å². The first-order chi connectivity index (χ1) is 26.1. The lowest BCUT2D eigenvalue weighted by Gasteiger charge is -2.47. The van der Waals surface area contributed by atoms with Crippen LogP contribution < -0.4 is 4.90 Å². The summed E-state index contributed by atoms with van der Waals surface area (Å²) >= 11 is 6.70. The third-order valence-electron chi connectivity index (χ3n) is 9.25. The molecule has 2 heterocycles. The van der Waals surface area contributed by atoms with Gasteiger partial charge in [-0.25, -0.2) is 14.6 Å². The second-order valence-electron chi connectivity index (χ2n) is 15.6. The number of rotatable bonds is 10. The maximum atomic E-state index is 13.5. The number of carbonyl (C=O) groups excluding carboxylic acids is 3. The molecule has 0 aliphatic heterocycles. The van der Waals surface area contributed by atoms with E-state index in [9.17, 15) is 14.4 Å². The summed E-state index contributed by atoms with van der Waals surface area (Å²) in [6, 6.07) is 29.9. The average molecular weight is 768 g/mol. The van der Waals surface area contributed by atoms with E-state index >= 15 is 0 Å². The Morgan fingerprint density at radius 3 is 1.71 bits per heavy atom. The van der Waals surface area contributed by atoms with E-state index in [1.54, 1.807) is 47.9 Å². The van der Waals surface area contributed by atoms with Gasteiger partial charge in [-0.05, 0) is 64.7 Å². The van der Waals surface area contributed by atoms with Crippen LogP contribution >= 0.6 is 11.6 Å². The number of nitrogens with zero attached hydrogens (tertiary/aromatic N) is 5. The number of ether oxygens (including phenoxy) is 4. The Bertz CT molecular complexity index is 2010. The number of amides is 2. The number of carbonyl (C=O) groups is 3. The Kier molecular flexibility index (Phi) is 11.3. The van der Waals surface area contributed by atoms with E-state index < -0.39 is 29.0 Å². The molecule has 3 atom stereocenters. The number of hydrogen-bond donors (Lipinski definition) is 0. The van der Waals surface area contributed by atoms with Crippen LogP contribution in [0.15, 0.2) is 97.3 Å². The molecule has 1 saturated carbocycles. The molecule has 0 radical (unpaired) electrons. The zero-order chi connectivity index (χ0) is 39.5. The molecule has 2 amide bonds. The fourth-order valence-electron chi connectivity index (χ4n) is 6.82. The van der Waals surface area contributed by atoms with Crippen molar-refractivity contribution in [3.05, 3.63) is 119 Å². The highest BCUT2D eigenvalue weighted by molar-refractivity contribution is 6.33. The zero-order valence-corrected chi connectivity index (χ0v) is 32.8. The van der Waals surface area contributed by atoms with E-state index in [0.29, 0.717) is 11.3 Å². The van der Waals surface area contributed by atoms with Crippen LogP contribution in [0.1, 0.15) is 77.6 Å². The molecule has 1 fully saturated rings. The largest absolute Gasteiger partial charge is 0.466 e. The van der Waals surface area contributed by atoms with E-state index in [4.69, 9.17) is 30.5 Å². The number of imide groups is 1. The number of benzene rings is 3. The fourth-order valence-corrected chi connectivity index (χ4v) is 7.03. The number of imidazole rings is 1. The van der Waals surface area contributed by atoms with Gasteiger partial charge in [-0.3, -0.25) is 4.79 Å². The van der Waals surface area contributed by atoms with Crippen molar-refractivity contribution in [2.24, 2.45) is 11.8 Å². The first-order valence-electron chi connectivity index (χ1n) is 18.2. The van der Waals surface area contributed by atoms with E-state index in [1.807, 2.05) is 59.2 Å². The highest BCUT2D eigenvalue weighted by atomic mass is 35.5. The van der Waals surface area contributed by atoms with Crippen LogP contribution in [0.25, 0.3) is 11.2 Å². The SMILES string of the molecule is CC(=O)OC[C@H]1C[C@@H](n2cnc3c(Cl)nc(N(C(=O)OC(C)(C)C)C(=O)OC(C)(C)C)nc32)[C@@H]1COC(c1ccccc1)(c1ccccc1)c1ccccc1. The highest BCUT2D eigenvalue weighted by Gasteiger charge is 2.47. The van der Waals surface area contributed by atoms with Gasteiger partial charge in [-0.2, -0.15) is 9.97 Å². The monoisotopic (exact) mass is 767 g/mol. The van der Waals surface area contributed by atoms with Crippen molar-refractivity contribution in [3.8, 4) is 0 Å². The van der Waals surface area contributed by atoms with Crippen LogP contribution in [0.2, 0.25) is 5.15 Å². The Morgan fingerprint density at radius 2 is 1.25 bits per heavy atom. The van der Waals surface area contributed by atoms with Gasteiger partial charge in [0.1, 0.15) is 22.3 Å². The molecule has 0 saturated heterocycles. The van der Waals surface area contributed by atoms with Gasteiger partial charge in [0.05, 0.1) is 19.5 Å². The number of halogens is 1. The van der Waals surface area contributed by atoms with Crippen LogP contribution in [-0.4, -0.2) is 62.1 Å². The number of fused-ring (bicyclic) bond motifs is 1. The van der Waals surface area contributed by atoms with Crippen molar-refractivity contribution in [2.75, 3.05) is 18.1 Å². The Balaban J connectivity index is 1.42. The number of aromatic nitrogens is 4. The molecule has 12 nitrogen and oxygen atoms in total. The van der Waals surface area contributed by atoms with Gasteiger partial charge >= 0.3 is 18.2 Å². The van der Waals surface area contributed by atoms with Crippen LogP contribution in [0, 0.1) is 11.8 Å². The van der Waals surface area contributed by atoms with E-state index in [1.165, 1.54) is 6.92 Å². The molecular weight excluding hydrogens is 722 g/mol. The maximum absolute atomic E-state index is 13.5. The minimum absolute atomic E-state index is 0.0734. The summed E-state index contributed by atoms with van der Waals surface area (Å²) in [5.41, 5.74) is 0.508. The van der Waals surface area contributed by atoms with E-state index in [0.717, 1.165) is 16.7 Å². The van der Waals surface area contributed by atoms with Crippen LogP contribution in [0.5, 0.6) is 0 Å². The summed E-state index contributed by atoms with van der Waals surface area (Å²) in [5, 5.41) is -0.0734. The first kappa shape index (κ1) is 39.4. The molecule has 0 N–H and O–H groups in total. The predicted molar refractivity (Wildman–Crippen MR) is 208 cm³/mol. The number of esters is 1. The smallest absolute Gasteiger partial charge is 0.427 e. The molecule has 3 aromatic carbocycles. The summed E-state index contributed by atoms with van der Waals surface area (Å²) in [6.45, 7) is 11.9. The second-order valence-corrected chi connectivity index (χ2v) is 15.9. The average Bonchev–Trinajstić information content (AvgIpc) is 3.53. The molecule has 288 valence electrons. The fraction of sp³-hybridized carbons (Fsp3) is 0.381. The lowest BCUT2D eigenvalue weighted by Crippen LogP contribution is -2.46. The molecule has 13 heteroatoms. The molecule has 1 aliphatic carbocycles. The van der Waals surface area contributed by atoms with Crippen molar-refractivity contribution in [3.63, 3.8) is 0 Å². The summed E-state index contributed by atoms with van der Waals surface area (Å²) in [6.07, 6.45) is 0.136. The molecule has 1 aliphatic rings. The van der Waals surface area contributed by atoms with Gasteiger partial charge in [0.2, 0.25) is 5.95 Å². The Morgan fingerprint density at radius 1 is 0.764 bits per heavy atom. The van der Waals surface area contributed by atoms with Gasteiger partial charge in [0, 0.05) is 24.8 Å². The standard InChI is InChI=1S/C42H46ClN5O7/c1-27(49)52-24-28-23-33(32(28)25-53-42(29-17-11-8-12-18-29,30-19-13-9-14-20-30)31-21-15-10-16-22-31)47-26-44-34-35(43)45-37(46-36(34)47)48(38(50)54-40(2,3)4)39(51)55-41(5,6)7/h8-22,26,28,32-33H,23-25H2,1-7H3/t28-,32-,33-/m1/s1. The predicted octanol–water partition coefficient (Wildman–Crippen LogP) is 8.91. The lowest BCUT2D eigenvalue weighted by molar-refractivity contribution is -0.147. The third-order valence-corrected chi connectivity index (χ3v) is 9.52.